The fourth-order valence-corrected chi connectivity index (χ4v) is 3.22. The molecule has 0 bridgehead atoms. The van der Waals surface area contributed by atoms with E-state index >= 15 is 0 Å². The molecular weight excluding hydrogens is 315 g/mol. The Hall–Kier alpha value is -2.07. The Labute approximate surface area is 140 Å². The third kappa shape index (κ3) is 3.64. The van der Waals surface area contributed by atoms with E-state index in [1.54, 1.807) is 12.1 Å². The van der Waals surface area contributed by atoms with Crippen LogP contribution in [0.5, 0.6) is 0 Å². The van der Waals surface area contributed by atoms with E-state index < -0.39 is 0 Å². The molecule has 0 radical (unpaired) electrons. The quantitative estimate of drug-likeness (QED) is 0.880. The smallest absolute Gasteiger partial charge is 0.318 e. The lowest BCUT2D eigenvalue weighted by Crippen LogP contribution is -2.39. The van der Waals surface area contributed by atoms with Gasteiger partial charge < -0.3 is 10.2 Å². The molecule has 0 aromatic heterocycles. The molecule has 0 spiro atoms. The molecule has 1 fully saturated rings. The van der Waals surface area contributed by atoms with Gasteiger partial charge >= 0.3 is 6.03 Å². The van der Waals surface area contributed by atoms with Crippen LogP contribution in [0.1, 0.15) is 30.0 Å². The van der Waals surface area contributed by atoms with Gasteiger partial charge in [-0.2, -0.15) is 0 Å². The number of nitrogens with one attached hydrogen (secondary N) is 1. The van der Waals surface area contributed by atoms with Crippen molar-refractivity contribution < 1.29 is 9.18 Å². The van der Waals surface area contributed by atoms with Crippen LogP contribution in [0.4, 0.5) is 9.18 Å². The Morgan fingerprint density at radius 1 is 1.22 bits per heavy atom. The number of likely N-dealkylation sites (tertiary alicyclic amines) is 1. The van der Waals surface area contributed by atoms with E-state index in [4.69, 9.17) is 11.6 Å². The van der Waals surface area contributed by atoms with Crippen LogP contribution in [0.15, 0.2) is 48.5 Å². The predicted octanol–water partition coefficient (Wildman–Crippen LogP) is 4.53. The van der Waals surface area contributed by atoms with Gasteiger partial charge in [-0.15, -0.1) is 0 Å². The molecule has 23 heavy (non-hydrogen) atoms. The maximum absolute atomic E-state index is 12.9. The van der Waals surface area contributed by atoms with Crippen LogP contribution in [0.2, 0.25) is 5.02 Å². The monoisotopic (exact) mass is 332 g/mol. The summed E-state index contributed by atoms with van der Waals surface area (Å²) in [7, 11) is 0. The first-order chi connectivity index (χ1) is 11.1. The van der Waals surface area contributed by atoms with Crippen molar-refractivity contribution in [3.63, 3.8) is 0 Å². The molecule has 1 N–H and O–H groups in total. The first-order valence-electron chi connectivity index (χ1n) is 7.68. The molecule has 5 heteroatoms. The van der Waals surface area contributed by atoms with Crippen LogP contribution in [0, 0.1) is 5.82 Å². The summed E-state index contributed by atoms with van der Waals surface area (Å²) < 4.78 is 12.9. The lowest BCUT2D eigenvalue weighted by atomic mass is 10.0. The van der Waals surface area contributed by atoms with Crippen LogP contribution in [-0.4, -0.2) is 17.5 Å². The first-order valence-corrected chi connectivity index (χ1v) is 8.06. The number of carbonyl (C=O) groups excluding carboxylic acids is 1. The number of benzene rings is 2. The number of carbonyl (C=O) groups is 1. The third-order valence-electron chi connectivity index (χ3n) is 4.13. The number of hydrogen-bond donors (Lipinski definition) is 1. The minimum absolute atomic E-state index is 0.0110. The molecule has 2 aromatic rings. The van der Waals surface area contributed by atoms with Crippen LogP contribution in [-0.2, 0) is 6.54 Å². The molecule has 3 rings (SSSR count). The number of amides is 2. The van der Waals surface area contributed by atoms with Gasteiger partial charge in [0.1, 0.15) is 5.82 Å². The van der Waals surface area contributed by atoms with Crippen molar-refractivity contribution in [1.29, 1.82) is 0 Å². The first kappa shape index (κ1) is 15.8. The highest BCUT2D eigenvalue weighted by Crippen LogP contribution is 2.35. The Balaban J connectivity index is 1.66. The van der Waals surface area contributed by atoms with Crippen molar-refractivity contribution in [2.75, 3.05) is 6.54 Å². The second kappa shape index (κ2) is 7.01. The number of urea groups is 1. The molecule has 1 aliphatic rings. The molecule has 1 heterocycles. The summed E-state index contributed by atoms with van der Waals surface area (Å²) in [6.07, 6.45) is 1.87. The molecule has 1 atom stereocenters. The van der Waals surface area contributed by atoms with E-state index in [2.05, 4.69) is 5.32 Å². The summed E-state index contributed by atoms with van der Waals surface area (Å²) in [5, 5.41) is 3.59. The predicted molar refractivity (Wildman–Crippen MR) is 88.8 cm³/mol. The molecule has 3 nitrogen and oxygen atoms in total. The molecule has 2 aromatic carbocycles. The van der Waals surface area contributed by atoms with Gasteiger partial charge in [0.05, 0.1) is 6.04 Å². The van der Waals surface area contributed by atoms with Gasteiger partial charge in [-0.3, -0.25) is 0 Å². The Morgan fingerprint density at radius 3 is 2.70 bits per heavy atom. The Kier molecular flexibility index (Phi) is 4.82. The van der Waals surface area contributed by atoms with Gasteiger partial charge in [0.25, 0.3) is 0 Å². The zero-order valence-corrected chi connectivity index (χ0v) is 13.4. The molecule has 1 aliphatic heterocycles. The Morgan fingerprint density at radius 2 is 1.96 bits per heavy atom. The fourth-order valence-electron chi connectivity index (χ4n) is 2.96. The van der Waals surface area contributed by atoms with Crippen molar-refractivity contribution in [3.8, 4) is 0 Å². The fraction of sp³-hybridized carbons (Fsp3) is 0.278. The molecule has 2 amide bonds. The maximum Gasteiger partial charge on any atom is 0.318 e. The van der Waals surface area contributed by atoms with E-state index in [9.17, 15) is 9.18 Å². The van der Waals surface area contributed by atoms with Crippen molar-refractivity contribution in [2.45, 2.75) is 25.4 Å². The number of rotatable bonds is 3. The van der Waals surface area contributed by atoms with Crippen LogP contribution in [0.25, 0.3) is 0 Å². The maximum atomic E-state index is 12.9. The summed E-state index contributed by atoms with van der Waals surface area (Å²) in [6, 6.07) is 13.7. The van der Waals surface area contributed by atoms with Crippen molar-refractivity contribution in [1.82, 2.24) is 10.2 Å². The minimum atomic E-state index is -0.279. The highest BCUT2D eigenvalue weighted by molar-refractivity contribution is 6.31. The summed E-state index contributed by atoms with van der Waals surface area (Å²) in [5.74, 6) is -0.279. The van der Waals surface area contributed by atoms with Gasteiger partial charge in [-0.25, -0.2) is 9.18 Å². The van der Waals surface area contributed by atoms with Crippen LogP contribution in [0.3, 0.4) is 0 Å². The van der Waals surface area contributed by atoms with Crippen molar-refractivity contribution in [2.24, 2.45) is 0 Å². The lowest BCUT2D eigenvalue weighted by Gasteiger charge is -2.26. The average Bonchev–Trinajstić information content (AvgIpc) is 3.04. The minimum Gasteiger partial charge on any atom is -0.334 e. The molecule has 120 valence electrons. The SMILES string of the molecule is O=C(NCc1ccc(F)cc1)N1CCC[C@@H]1c1ccccc1Cl. The van der Waals surface area contributed by atoms with E-state index in [0.29, 0.717) is 18.1 Å². The van der Waals surface area contributed by atoms with Gasteiger partial charge in [0.15, 0.2) is 0 Å². The molecule has 0 aliphatic carbocycles. The van der Waals surface area contributed by atoms with Gasteiger partial charge in [0, 0.05) is 18.1 Å². The number of nitrogens with zero attached hydrogens (tertiary/aromatic N) is 1. The molecule has 0 unspecified atom stereocenters. The van der Waals surface area contributed by atoms with Gasteiger partial charge in [-0.1, -0.05) is 41.9 Å². The Bertz CT molecular complexity index is 690. The van der Waals surface area contributed by atoms with Crippen LogP contribution >= 0.6 is 11.6 Å². The van der Waals surface area contributed by atoms with E-state index in [0.717, 1.165) is 24.0 Å². The summed E-state index contributed by atoms with van der Waals surface area (Å²) in [5.41, 5.74) is 1.86. The van der Waals surface area contributed by atoms with Crippen molar-refractivity contribution in [3.05, 3.63) is 70.5 Å². The zero-order chi connectivity index (χ0) is 16.2. The molecular formula is C18H18ClFN2O. The third-order valence-corrected chi connectivity index (χ3v) is 4.48. The zero-order valence-electron chi connectivity index (χ0n) is 12.6. The average molecular weight is 333 g/mol. The lowest BCUT2D eigenvalue weighted by molar-refractivity contribution is 0.192. The van der Waals surface area contributed by atoms with E-state index in [1.807, 2.05) is 29.2 Å². The molecule has 1 saturated heterocycles. The topological polar surface area (TPSA) is 32.3 Å². The summed E-state index contributed by atoms with van der Waals surface area (Å²) >= 11 is 6.27. The summed E-state index contributed by atoms with van der Waals surface area (Å²) in [6.45, 7) is 1.09. The highest BCUT2D eigenvalue weighted by Gasteiger charge is 2.30. The summed E-state index contributed by atoms with van der Waals surface area (Å²) in [4.78, 5) is 14.3. The second-order valence-electron chi connectivity index (χ2n) is 5.66. The van der Waals surface area contributed by atoms with E-state index in [1.165, 1.54) is 12.1 Å². The highest BCUT2D eigenvalue weighted by atomic mass is 35.5. The number of halogens is 2. The van der Waals surface area contributed by atoms with Crippen LogP contribution < -0.4 is 5.32 Å². The largest absolute Gasteiger partial charge is 0.334 e. The van der Waals surface area contributed by atoms with E-state index in [-0.39, 0.29) is 17.9 Å². The van der Waals surface area contributed by atoms with Crippen molar-refractivity contribution >= 4 is 17.6 Å². The molecule has 0 saturated carbocycles. The normalized spacial score (nSPS) is 17.3. The standard InChI is InChI=1S/C18H18ClFN2O/c19-16-5-2-1-4-15(16)17-6-3-11-22(17)18(23)21-12-13-7-9-14(20)10-8-13/h1-2,4-5,7-10,17H,3,6,11-12H2,(H,21,23)/t17-/m1/s1. The van der Waals surface area contributed by atoms with Gasteiger partial charge in [0.2, 0.25) is 0 Å². The van der Waals surface area contributed by atoms with Gasteiger partial charge in [-0.05, 0) is 42.2 Å². The second-order valence-corrected chi connectivity index (χ2v) is 6.07. The number of hydrogen-bond acceptors (Lipinski definition) is 1.